The Balaban J connectivity index is 0.00000225. The molecular formula is C9H14ClFN2O2S. The molecule has 0 unspecified atom stereocenters. The number of halogens is 2. The van der Waals surface area contributed by atoms with Crippen LogP contribution in [0.4, 0.5) is 10.1 Å². The second-order valence-corrected chi connectivity index (χ2v) is 5.02. The SMILES string of the molecule is CCS(=O)(=O)Nc1cc(F)ccc1CN.Cl. The zero-order chi connectivity index (χ0) is 11.5. The third-order valence-corrected chi connectivity index (χ3v) is 3.23. The molecule has 0 atom stereocenters. The Morgan fingerprint density at radius 3 is 2.56 bits per heavy atom. The Hall–Kier alpha value is -0.850. The molecule has 16 heavy (non-hydrogen) atoms. The molecule has 0 aromatic heterocycles. The minimum absolute atomic E-state index is 0. The maximum absolute atomic E-state index is 12.9. The van der Waals surface area contributed by atoms with Gasteiger partial charge in [-0.25, -0.2) is 12.8 Å². The van der Waals surface area contributed by atoms with Crippen LogP contribution in [0.15, 0.2) is 18.2 Å². The van der Waals surface area contributed by atoms with Gasteiger partial charge in [0.15, 0.2) is 0 Å². The molecule has 0 radical (unpaired) electrons. The van der Waals surface area contributed by atoms with Crippen molar-refractivity contribution in [1.82, 2.24) is 0 Å². The van der Waals surface area contributed by atoms with Gasteiger partial charge in [-0.05, 0) is 24.6 Å². The highest BCUT2D eigenvalue weighted by Crippen LogP contribution is 2.18. The topological polar surface area (TPSA) is 72.2 Å². The molecule has 0 aliphatic carbocycles. The Morgan fingerprint density at radius 2 is 2.06 bits per heavy atom. The largest absolute Gasteiger partial charge is 0.326 e. The van der Waals surface area contributed by atoms with Gasteiger partial charge in [0.25, 0.3) is 0 Å². The van der Waals surface area contributed by atoms with Crippen LogP contribution >= 0.6 is 12.4 Å². The summed E-state index contributed by atoms with van der Waals surface area (Å²) in [4.78, 5) is 0. The fourth-order valence-corrected chi connectivity index (χ4v) is 1.73. The molecule has 0 saturated heterocycles. The summed E-state index contributed by atoms with van der Waals surface area (Å²) in [6.45, 7) is 1.66. The molecule has 0 bridgehead atoms. The smallest absolute Gasteiger partial charge is 0.232 e. The third kappa shape index (κ3) is 3.96. The quantitative estimate of drug-likeness (QED) is 0.869. The lowest BCUT2D eigenvalue weighted by atomic mass is 10.2. The molecule has 0 amide bonds. The first-order valence-electron chi connectivity index (χ1n) is 4.47. The molecule has 0 aliphatic rings. The average molecular weight is 269 g/mol. The maximum Gasteiger partial charge on any atom is 0.232 e. The van der Waals surface area contributed by atoms with E-state index in [-0.39, 0.29) is 30.4 Å². The van der Waals surface area contributed by atoms with Crippen molar-refractivity contribution in [1.29, 1.82) is 0 Å². The van der Waals surface area contributed by atoms with Gasteiger partial charge in [-0.3, -0.25) is 4.72 Å². The molecule has 1 aromatic rings. The minimum atomic E-state index is -3.39. The normalized spacial score (nSPS) is 10.7. The van der Waals surface area contributed by atoms with Crippen molar-refractivity contribution in [3.63, 3.8) is 0 Å². The molecule has 7 heteroatoms. The number of anilines is 1. The van der Waals surface area contributed by atoms with Crippen LogP contribution in [-0.4, -0.2) is 14.2 Å². The summed E-state index contributed by atoms with van der Waals surface area (Å²) in [6.07, 6.45) is 0. The molecular weight excluding hydrogens is 255 g/mol. The summed E-state index contributed by atoms with van der Waals surface area (Å²) in [5.74, 6) is -0.561. The number of sulfonamides is 1. The summed E-state index contributed by atoms with van der Waals surface area (Å²) in [6, 6.07) is 3.82. The lowest BCUT2D eigenvalue weighted by Crippen LogP contribution is -2.16. The molecule has 3 N–H and O–H groups in total. The van der Waals surface area contributed by atoms with E-state index < -0.39 is 15.8 Å². The van der Waals surface area contributed by atoms with Crippen LogP contribution in [0.3, 0.4) is 0 Å². The van der Waals surface area contributed by atoms with E-state index >= 15 is 0 Å². The summed E-state index contributed by atoms with van der Waals surface area (Å²) in [7, 11) is -3.39. The fraction of sp³-hybridized carbons (Fsp3) is 0.333. The van der Waals surface area contributed by atoms with Crippen LogP contribution < -0.4 is 10.5 Å². The number of benzene rings is 1. The molecule has 1 aromatic carbocycles. The van der Waals surface area contributed by atoms with Gasteiger partial charge in [0.05, 0.1) is 11.4 Å². The minimum Gasteiger partial charge on any atom is -0.326 e. The predicted octanol–water partition coefficient (Wildman–Crippen LogP) is 1.47. The highest BCUT2D eigenvalue weighted by Gasteiger charge is 2.10. The van der Waals surface area contributed by atoms with Gasteiger partial charge < -0.3 is 5.73 Å². The number of rotatable bonds is 4. The summed E-state index contributed by atoms with van der Waals surface area (Å²) < 4.78 is 37.7. The average Bonchev–Trinajstić information content (AvgIpc) is 2.18. The first-order valence-corrected chi connectivity index (χ1v) is 6.12. The second-order valence-electron chi connectivity index (χ2n) is 3.01. The molecule has 4 nitrogen and oxygen atoms in total. The van der Waals surface area contributed by atoms with Crippen molar-refractivity contribution in [2.24, 2.45) is 5.73 Å². The maximum atomic E-state index is 12.9. The van der Waals surface area contributed by atoms with E-state index in [9.17, 15) is 12.8 Å². The van der Waals surface area contributed by atoms with Gasteiger partial charge in [-0.2, -0.15) is 0 Å². The molecule has 0 spiro atoms. The van der Waals surface area contributed by atoms with E-state index in [0.29, 0.717) is 5.56 Å². The highest BCUT2D eigenvalue weighted by molar-refractivity contribution is 7.92. The first-order chi connectivity index (χ1) is 6.98. The lowest BCUT2D eigenvalue weighted by Gasteiger charge is -2.10. The predicted molar refractivity (Wildman–Crippen MR) is 64.6 cm³/mol. The number of hydrogen-bond donors (Lipinski definition) is 2. The van der Waals surface area contributed by atoms with E-state index in [4.69, 9.17) is 5.73 Å². The van der Waals surface area contributed by atoms with Gasteiger partial charge in [0.1, 0.15) is 5.82 Å². The summed E-state index contributed by atoms with van der Waals surface area (Å²) in [5.41, 5.74) is 6.17. The van der Waals surface area contributed by atoms with Crippen molar-refractivity contribution in [2.75, 3.05) is 10.5 Å². The van der Waals surface area contributed by atoms with Crippen LogP contribution in [0.5, 0.6) is 0 Å². The molecule has 0 saturated carbocycles. The van der Waals surface area contributed by atoms with E-state index in [2.05, 4.69) is 4.72 Å². The zero-order valence-corrected chi connectivity index (χ0v) is 10.4. The summed E-state index contributed by atoms with van der Waals surface area (Å²) in [5, 5.41) is 0. The highest BCUT2D eigenvalue weighted by atomic mass is 35.5. The summed E-state index contributed by atoms with van der Waals surface area (Å²) >= 11 is 0. The van der Waals surface area contributed by atoms with E-state index in [1.54, 1.807) is 0 Å². The second kappa shape index (κ2) is 6.03. The van der Waals surface area contributed by atoms with Gasteiger partial charge >= 0.3 is 0 Å². The number of hydrogen-bond acceptors (Lipinski definition) is 3. The Morgan fingerprint density at radius 1 is 1.44 bits per heavy atom. The van der Waals surface area contributed by atoms with E-state index in [1.807, 2.05) is 0 Å². The lowest BCUT2D eigenvalue weighted by molar-refractivity contribution is 0.602. The molecule has 0 aliphatic heterocycles. The standard InChI is InChI=1S/C9H13FN2O2S.ClH/c1-2-15(13,14)12-9-5-8(10)4-3-7(9)6-11;/h3-5,12H,2,6,11H2,1H3;1H. The van der Waals surface area contributed by atoms with Crippen LogP contribution in [-0.2, 0) is 16.6 Å². The van der Waals surface area contributed by atoms with Crippen molar-refractivity contribution in [3.8, 4) is 0 Å². The molecule has 92 valence electrons. The zero-order valence-electron chi connectivity index (χ0n) is 8.73. The Kier molecular flexibility index (Phi) is 5.71. The van der Waals surface area contributed by atoms with Crippen LogP contribution in [0, 0.1) is 5.82 Å². The van der Waals surface area contributed by atoms with Crippen molar-refractivity contribution in [2.45, 2.75) is 13.5 Å². The number of nitrogens with two attached hydrogens (primary N) is 1. The molecule has 1 rings (SSSR count). The van der Waals surface area contributed by atoms with Gasteiger partial charge in [-0.15, -0.1) is 12.4 Å². The van der Waals surface area contributed by atoms with E-state index in [0.717, 1.165) is 6.07 Å². The van der Waals surface area contributed by atoms with Crippen molar-refractivity contribution in [3.05, 3.63) is 29.6 Å². The van der Waals surface area contributed by atoms with Crippen LogP contribution in [0.2, 0.25) is 0 Å². The Labute approximate surface area is 100 Å². The molecule has 0 heterocycles. The number of nitrogens with one attached hydrogen (secondary N) is 1. The van der Waals surface area contributed by atoms with Crippen LogP contribution in [0.25, 0.3) is 0 Å². The van der Waals surface area contributed by atoms with Gasteiger partial charge in [0.2, 0.25) is 10.0 Å². The monoisotopic (exact) mass is 268 g/mol. The van der Waals surface area contributed by atoms with Crippen molar-refractivity contribution < 1.29 is 12.8 Å². The van der Waals surface area contributed by atoms with Crippen molar-refractivity contribution >= 4 is 28.1 Å². The van der Waals surface area contributed by atoms with Gasteiger partial charge in [0, 0.05) is 6.54 Å². The fourth-order valence-electron chi connectivity index (χ4n) is 1.06. The Bertz CT molecular complexity index is 451. The third-order valence-electron chi connectivity index (χ3n) is 1.94. The van der Waals surface area contributed by atoms with E-state index in [1.165, 1.54) is 19.1 Å². The molecule has 0 fully saturated rings. The van der Waals surface area contributed by atoms with Gasteiger partial charge in [-0.1, -0.05) is 6.07 Å². The first kappa shape index (κ1) is 15.2. The van der Waals surface area contributed by atoms with Crippen LogP contribution in [0.1, 0.15) is 12.5 Å².